The number of halogens is 1. The molecule has 1 aromatic carbocycles. The van der Waals surface area contributed by atoms with Crippen LogP contribution in [0.1, 0.15) is 0 Å². The summed E-state index contributed by atoms with van der Waals surface area (Å²) < 4.78 is 29.9. The first-order chi connectivity index (χ1) is 5.95. The maximum Gasteiger partial charge on any atom is 0.298 e. The average Bonchev–Trinajstić information content (AvgIpc) is 2.03. The summed E-state index contributed by atoms with van der Waals surface area (Å²) >= 11 is 5.19. The molecule has 0 saturated heterocycles. The lowest BCUT2D eigenvalue weighted by atomic mass is 10.3. The zero-order valence-corrected chi connectivity index (χ0v) is 7.80. The summed E-state index contributed by atoms with van der Waals surface area (Å²) in [4.78, 5) is 1.57. The van der Waals surface area contributed by atoms with Crippen LogP contribution < -0.4 is 4.84 Å². The van der Waals surface area contributed by atoms with Crippen LogP contribution in [-0.2, 0) is 10.1 Å². The van der Waals surface area contributed by atoms with Crippen molar-refractivity contribution in [3.63, 3.8) is 0 Å². The third kappa shape index (κ3) is 2.24. The minimum atomic E-state index is -4.41. The van der Waals surface area contributed by atoms with E-state index in [-0.39, 0.29) is 5.69 Å². The third-order valence-corrected chi connectivity index (χ3v) is 2.45. The first kappa shape index (κ1) is 10.1. The lowest BCUT2D eigenvalue weighted by molar-refractivity contribution is 0.443. The van der Waals surface area contributed by atoms with E-state index in [1.807, 2.05) is 0 Å². The van der Waals surface area contributed by atoms with Gasteiger partial charge in [-0.1, -0.05) is 0 Å². The fourth-order valence-electron chi connectivity index (χ4n) is 0.780. The molecule has 0 bridgehead atoms. The Kier molecular flexibility index (Phi) is 2.65. The van der Waals surface area contributed by atoms with E-state index in [1.54, 1.807) is 0 Å². The van der Waals surface area contributed by atoms with Crippen molar-refractivity contribution in [3.8, 4) is 5.75 Å². The molecule has 0 radical (unpaired) electrons. The highest BCUT2D eigenvalue weighted by molar-refractivity contribution is 7.86. The molecule has 1 aromatic rings. The van der Waals surface area contributed by atoms with Crippen molar-refractivity contribution in [1.29, 1.82) is 0 Å². The molecule has 0 aliphatic carbocycles. The first-order valence-electron chi connectivity index (χ1n) is 3.12. The summed E-state index contributed by atoms with van der Waals surface area (Å²) in [6, 6.07) is 3.47. The summed E-state index contributed by atoms with van der Waals surface area (Å²) in [7, 11) is -4.41. The van der Waals surface area contributed by atoms with Crippen LogP contribution in [0.25, 0.3) is 0 Å². The van der Waals surface area contributed by atoms with Crippen molar-refractivity contribution >= 4 is 27.6 Å². The van der Waals surface area contributed by atoms with Crippen LogP contribution in [0.2, 0.25) is 0 Å². The fourth-order valence-corrected chi connectivity index (χ4v) is 1.51. The van der Waals surface area contributed by atoms with Gasteiger partial charge in [0.25, 0.3) is 10.1 Å². The summed E-state index contributed by atoms with van der Waals surface area (Å²) in [5, 5.41) is 9.06. The molecule has 0 saturated carbocycles. The molecule has 0 aliphatic rings. The molecule has 7 heteroatoms. The Morgan fingerprint density at radius 2 is 2.00 bits per heavy atom. The molecular formula is C6H6ClNO4S. The second-order valence-corrected chi connectivity index (χ2v) is 3.83. The Labute approximate surface area is 79.8 Å². The van der Waals surface area contributed by atoms with Crippen LogP contribution >= 0.6 is 11.8 Å². The molecule has 0 aliphatic heterocycles. The van der Waals surface area contributed by atoms with E-state index in [0.717, 1.165) is 12.1 Å². The molecule has 0 spiro atoms. The minimum Gasteiger partial charge on any atom is -0.506 e. The number of rotatable bonds is 2. The van der Waals surface area contributed by atoms with E-state index < -0.39 is 20.8 Å². The van der Waals surface area contributed by atoms with Crippen molar-refractivity contribution in [2.75, 3.05) is 4.84 Å². The Hall–Kier alpha value is -0.980. The molecule has 0 aromatic heterocycles. The van der Waals surface area contributed by atoms with Crippen molar-refractivity contribution in [1.82, 2.24) is 0 Å². The maximum absolute atomic E-state index is 10.6. The predicted molar refractivity (Wildman–Crippen MR) is 47.4 cm³/mol. The highest BCUT2D eigenvalue weighted by Crippen LogP contribution is 2.25. The molecule has 1 rings (SSSR count). The van der Waals surface area contributed by atoms with Gasteiger partial charge in [0.2, 0.25) is 0 Å². The second-order valence-electron chi connectivity index (χ2n) is 2.25. The lowest BCUT2D eigenvalue weighted by Crippen LogP contribution is -1.98. The Morgan fingerprint density at radius 1 is 1.38 bits per heavy atom. The molecule has 0 atom stereocenters. The van der Waals surface area contributed by atoms with E-state index in [4.69, 9.17) is 21.4 Å². The van der Waals surface area contributed by atoms with Gasteiger partial charge in [-0.15, -0.1) is 0 Å². The summed E-state index contributed by atoms with van der Waals surface area (Å²) in [6.45, 7) is 0. The third-order valence-electron chi connectivity index (χ3n) is 1.35. The lowest BCUT2D eigenvalue weighted by Gasteiger charge is -2.02. The number of hydrogen-bond donors (Lipinski definition) is 3. The van der Waals surface area contributed by atoms with Crippen LogP contribution in [0, 0.1) is 0 Å². The SMILES string of the molecule is O=S(=O)(O)c1cc(NCl)ccc1O. The standard InChI is InChI=1S/C6H6ClNO4S/c7-8-4-1-2-5(9)6(3-4)13(10,11)12/h1-3,8-9H,(H,10,11,12). The van der Waals surface area contributed by atoms with Crippen LogP contribution in [-0.4, -0.2) is 18.1 Å². The summed E-state index contributed by atoms with van der Waals surface area (Å²) in [5.41, 5.74) is 0.257. The number of hydrogen-bond acceptors (Lipinski definition) is 4. The number of benzene rings is 1. The van der Waals surface area contributed by atoms with Gasteiger partial charge in [-0.2, -0.15) is 8.42 Å². The predicted octanol–water partition coefficient (Wildman–Crippen LogP) is 1.20. The van der Waals surface area contributed by atoms with Crippen molar-refractivity contribution in [2.45, 2.75) is 4.90 Å². The van der Waals surface area contributed by atoms with Gasteiger partial charge in [0.05, 0.1) is 5.69 Å². The zero-order valence-electron chi connectivity index (χ0n) is 6.23. The van der Waals surface area contributed by atoms with Gasteiger partial charge in [0.1, 0.15) is 10.6 Å². The molecule has 72 valence electrons. The van der Waals surface area contributed by atoms with Gasteiger partial charge in [-0.3, -0.25) is 9.39 Å². The first-order valence-corrected chi connectivity index (χ1v) is 4.94. The van der Waals surface area contributed by atoms with Crippen molar-refractivity contribution in [2.24, 2.45) is 0 Å². The number of phenols is 1. The van der Waals surface area contributed by atoms with E-state index in [1.165, 1.54) is 6.07 Å². The highest BCUT2D eigenvalue weighted by atomic mass is 35.5. The van der Waals surface area contributed by atoms with Crippen LogP contribution in [0.4, 0.5) is 5.69 Å². The fraction of sp³-hybridized carbons (Fsp3) is 0. The van der Waals surface area contributed by atoms with Gasteiger partial charge in [-0.25, -0.2) is 0 Å². The monoisotopic (exact) mass is 223 g/mol. The Bertz CT molecular complexity index is 417. The smallest absolute Gasteiger partial charge is 0.298 e. The molecule has 5 nitrogen and oxygen atoms in total. The van der Waals surface area contributed by atoms with Gasteiger partial charge >= 0.3 is 0 Å². The normalized spacial score (nSPS) is 11.2. The number of phenolic OH excluding ortho intramolecular Hbond substituents is 1. The molecule has 13 heavy (non-hydrogen) atoms. The van der Waals surface area contributed by atoms with Crippen LogP contribution in [0.5, 0.6) is 5.75 Å². The van der Waals surface area contributed by atoms with E-state index in [0.29, 0.717) is 0 Å². The van der Waals surface area contributed by atoms with Crippen LogP contribution in [0.15, 0.2) is 23.1 Å². The Balaban J connectivity index is 3.36. The molecule has 0 fully saturated rings. The van der Waals surface area contributed by atoms with Crippen molar-refractivity contribution in [3.05, 3.63) is 18.2 Å². The van der Waals surface area contributed by atoms with Gasteiger partial charge < -0.3 is 5.11 Å². The molecule has 0 unspecified atom stereocenters. The summed E-state index contributed by atoms with van der Waals surface area (Å²) in [6.07, 6.45) is 0. The Morgan fingerprint density at radius 3 is 2.46 bits per heavy atom. The van der Waals surface area contributed by atoms with Crippen LogP contribution in [0.3, 0.4) is 0 Å². The quantitative estimate of drug-likeness (QED) is 0.399. The second kappa shape index (κ2) is 3.41. The molecule has 0 amide bonds. The molecule has 3 N–H and O–H groups in total. The number of nitrogens with one attached hydrogen (secondary N) is 1. The van der Waals surface area contributed by atoms with Gasteiger partial charge in [-0.05, 0) is 18.2 Å². The van der Waals surface area contributed by atoms with Gasteiger partial charge in [0.15, 0.2) is 0 Å². The van der Waals surface area contributed by atoms with E-state index in [9.17, 15) is 8.42 Å². The molecule has 0 heterocycles. The zero-order chi connectivity index (χ0) is 10.1. The highest BCUT2D eigenvalue weighted by Gasteiger charge is 2.15. The van der Waals surface area contributed by atoms with E-state index in [2.05, 4.69) is 4.84 Å². The number of anilines is 1. The summed E-state index contributed by atoms with van der Waals surface area (Å²) in [5.74, 6) is -0.529. The van der Waals surface area contributed by atoms with E-state index >= 15 is 0 Å². The average molecular weight is 224 g/mol. The minimum absolute atomic E-state index is 0.257. The van der Waals surface area contributed by atoms with Crippen molar-refractivity contribution < 1.29 is 18.1 Å². The molecular weight excluding hydrogens is 218 g/mol. The topological polar surface area (TPSA) is 86.6 Å². The number of aromatic hydroxyl groups is 1. The maximum atomic E-state index is 10.6. The van der Waals surface area contributed by atoms with Gasteiger partial charge in [0, 0.05) is 11.8 Å². The largest absolute Gasteiger partial charge is 0.506 e.